The topological polar surface area (TPSA) is 15.3 Å². The lowest BCUT2D eigenvalue weighted by Gasteiger charge is -2.41. The van der Waals surface area contributed by atoms with Crippen LogP contribution in [0.1, 0.15) is 45.4 Å². The van der Waals surface area contributed by atoms with E-state index in [1.165, 1.54) is 58.2 Å². The molecule has 1 unspecified atom stereocenters. The molecule has 2 heteroatoms. The van der Waals surface area contributed by atoms with Crippen molar-refractivity contribution in [3.63, 3.8) is 0 Å². The average molecular weight is 208 g/mol. The Morgan fingerprint density at radius 2 is 1.93 bits per heavy atom. The fourth-order valence-electron chi connectivity index (χ4n) is 3.27. The van der Waals surface area contributed by atoms with Crippen molar-refractivity contribution in [1.29, 1.82) is 0 Å². The zero-order valence-electron chi connectivity index (χ0n) is 9.97. The normalized spacial score (nSPS) is 39.8. The van der Waals surface area contributed by atoms with E-state index in [4.69, 9.17) is 0 Å². The summed E-state index contributed by atoms with van der Waals surface area (Å²) in [6.07, 6.45) is 8.65. The lowest BCUT2D eigenvalue weighted by atomic mass is 9.88. The maximum Gasteiger partial charge on any atom is 0.0308 e. The quantitative estimate of drug-likeness (QED) is 0.747. The molecule has 2 nitrogen and oxygen atoms in total. The van der Waals surface area contributed by atoms with E-state index in [2.05, 4.69) is 17.1 Å². The van der Waals surface area contributed by atoms with Gasteiger partial charge in [-0.25, -0.2) is 0 Å². The number of rotatable bonds is 2. The second-order valence-corrected chi connectivity index (χ2v) is 6.03. The molecule has 3 rings (SSSR count). The summed E-state index contributed by atoms with van der Waals surface area (Å²) in [5.41, 5.74) is 0.437. The van der Waals surface area contributed by atoms with Crippen LogP contribution in [0, 0.1) is 5.92 Å². The standard InChI is InChI=1S/C13H24N2/c1-13(11-6-7-11)10-15(9-3-8-14-13)12-4-2-5-12/h11-12,14H,2-10H2,1H3. The number of hydrogen-bond acceptors (Lipinski definition) is 2. The van der Waals surface area contributed by atoms with E-state index in [-0.39, 0.29) is 0 Å². The van der Waals surface area contributed by atoms with E-state index in [0.29, 0.717) is 5.54 Å². The van der Waals surface area contributed by atoms with Crippen LogP contribution in [0.25, 0.3) is 0 Å². The first kappa shape index (κ1) is 10.1. The zero-order valence-corrected chi connectivity index (χ0v) is 9.97. The smallest absolute Gasteiger partial charge is 0.0308 e. The molecule has 1 atom stereocenters. The van der Waals surface area contributed by atoms with Crippen molar-refractivity contribution in [1.82, 2.24) is 10.2 Å². The highest BCUT2D eigenvalue weighted by atomic mass is 15.2. The van der Waals surface area contributed by atoms with Gasteiger partial charge in [-0.1, -0.05) is 6.42 Å². The van der Waals surface area contributed by atoms with Gasteiger partial charge in [-0.05, 0) is 58.0 Å². The summed E-state index contributed by atoms with van der Waals surface area (Å²) in [5, 5.41) is 3.81. The van der Waals surface area contributed by atoms with Gasteiger partial charge in [0.25, 0.3) is 0 Å². The van der Waals surface area contributed by atoms with Gasteiger partial charge in [0.15, 0.2) is 0 Å². The maximum absolute atomic E-state index is 3.81. The van der Waals surface area contributed by atoms with Crippen molar-refractivity contribution in [2.75, 3.05) is 19.6 Å². The number of nitrogens with zero attached hydrogens (tertiary/aromatic N) is 1. The van der Waals surface area contributed by atoms with Crippen LogP contribution in [-0.4, -0.2) is 36.1 Å². The predicted octanol–water partition coefficient (Wildman–Crippen LogP) is 2.00. The van der Waals surface area contributed by atoms with Gasteiger partial charge in [0.05, 0.1) is 0 Å². The molecule has 0 spiro atoms. The molecule has 0 aromatic rings. The average Bonchev–Trinajstić information content (AvgIpc) is 2.88. The Morgan fingerprint density at radius 3 is 2.53 bits per heavy atom. The van der Waals surface area contributed by atoms with Gasteiger partial charge in [0, 0.05) is 18.1 Å². The van der Waals surface area contributed by atoms with E-state index in [1.807, 2.05) is 0 Å². The van der Waals surface area contributed by atoms with Crippen LogP contribution < -0.4 is 5.32 Å². The maximum atomic E-state index is 3.81. The molecule has 0 radical (unpaired) electrons. The van der Waals surface area contributed by atoms with Crippen LogP contribution in [0.5, 0.6) is 0 Å². The molecule has 0 aromatic heterocycles. The minimum absolute atomic E-state index is 0.437. The molecule has 3 aliphatic rings. The summed E-state index contributed by atoms with van der Waals surface area (Å²) in [4.78, 5) is 2.78. The molecule has 0 aromatic carbocycles. The van der Waals surface area contributed by atoms with Crippen LogP contribution in [0.4, 0.5) is 0 Å². The summed E-state index contributed by atoms with van der Waals surface area (Å²) in [6, 6.07) is 0.933. The van der Waals surface area contributed by atoms with Crippen molar-refractivity contribution >= 4 is 0 Å². The van der Waals surface area contributed by atoms with Gasteiger partial charge in [-0.15, -0.1) is 0 Å². The first-order valence-corrected chi connectivity index (χ1v) is 6.77. The van der Waals surface area contributed by atoms with Crippen LogP contribution in [0.3, 0.4) is 0 Å². The monoisotopic (exact) mass is 208 g/mol. The lowest BCUT2D eigenvalue weighted by Crippen LogP contribution is -2.53. The Labute approximate surface area is 93.4 Å². The molecule has 1 aliphatic heterocycles. The van der Waals surface area contributed by atoms with Gasteiger partial charge >= 0.3 is 0 Å². The summed E-state index contributed by atoms with van der Waals surface area (Å²) >= 11 is 0. The Morgan fingerprint density at radius 1 is 1.13 bits per heavy atom. The van der Waals surface area contributed by atoms with Gasteiger partial charge in [-0.3, -0.25) is 4.90 Å². The second kappa shape index (κ2) is 3.74. The fraction of sp³-hybridized carbons (Fsp3) is 1.00. The fourth-order valence-corrected chi connectivity index (χ4v) is 3.27. The predicted molar refractivity (Wildman–Crippen MR) is 63.0 cm³/mol. The summed E-state index contributed by atoms with van der Waals surface area (Å²) in [7, 11) is 0. The molecule has 1 N–H and O–H groups in total. The SMILES string of the molecule is CC1(C2CC2)CN(C2CCC2)CCCN1. The third-order valence-corrected chi connectivity index (χ3v) is 4.75. The van der Waals surface area contributed by atoms with Crippen LogP contribution >= 0.6 is 0 Å². The Balaban J connectivity index is 1.68. The van der Waals surface area contributed by atoms with E-state index in [9.17, 15) is 0 Å². The van der Waals surface area contributed by atoms with E-state index in [1.54, 1.807) is 0 Å². The minimum Gasteiger partial charge on any atom is -0.310 e. The summed E-state index contributed by atoms with van der Waals surface area (Å²) in [5.74, 6) is 0.971. The Kier molecular flexibility index (Phi) is 2.52. The molecule has 1 saturated heterocycles. The largest absolute Gasteiger partial charge is 0.310 e. The number of nitrogens with one attached hydrogen (secondary N) is 1. The van der Waals surface area contributed by atoms with Gasteiger partial charge in [0.1, 0.15) is 0 Å². The van der Waals surface area contributed by atoms with E-state index < -0.39 is 0 Å². The molecule has 1 heterocycles. The third-order valence-electron chi connectivity index (χ3n) is 4.75. The highest BCUT2D eigenvalue weighted by Gasteiger charge is 2.44. The first-order valence-electron chi connectivity index (χ1n) is 6.77. The summed E-state index contributed by atoms with van der Waals surface area (Å²) < 4.78 is 0. The van der Waals surface area contributed by atoms with Gasteiger partial charge in [0.2, 0.25) is 0 Å². The molecular weight excluding hydrogens is 184 g/mol. The van der Waals surface area contributed by atoms with Crippen LogP contribution in [-0.2, 0) is 0 Å². The molecule has 15 heavy (non-hydrogen) atoms. The van der Waals surface area contributed by atoms with Crippen molar-refractivity contribution in [3.05, 3.63) is 0 Å². The molecule has 3 fully saturated rings. The second-order valence-electron chi connectivity index (χ2n) is 6.03. The Hall–Kier alpha value is -0.0800. The van der Waals surface area contributed by atoms with Crippen LogP contribution in [0.2, 0.25) is 0 Å². The lowest BCUT2D eigenvalue weighted by molar-refractivity contribution is 0.0998. The molecule has 86 valence electrons. The third kappa shape index (κ3) is 1.94. The summed E-state index contributed by atoms with van der Waals surface area (Å²) in [6.45, 7) is 6.33. The highest BCUT2D eigenvalue weighted by Crippen LogP contribution is 2.41. The Bertz CT molecular complexity index is 233. The van der Waals surface area contributed by atoms with Crippen molar-refractivity contribution in [3.8, 4) is 0 Å². The van der Waals surface area contributed by atoms with Gasteiger partial charge in [-0.2, -0.15) is 0 Å². The van der Waals surface area contributed by atoms with Crippen molar-refractivity contribution < 1.29 is 0 Å². The van der Waals surface area contributed by atoms with Crippen LogP contribution in [0.15, 0.2) is 0 Å². The van der Waals surface area contributed by atoms with Crippen molar-refractivity contribution in [2.24, 2.45) is 5.92 Å². The van der Waals surface area contributed by atoms with Crippen molar-refractivity contribution in [2.45, 2.75) is 57.0 Å². The molecular formula is C13H24N2. The molecule has 0 amide bonds. The van der Waals surface area contributed by atoms with E-state index in [0.717, 1.165) is 12.0 Å². The molecule has 2 aliphatic carbocycles. The first-order chi connectivity index (χ1) is 7.28. The molecule has 2 saturated carbocycles. The molecule has 0 bridgehead atoms. The minimum atomic E-state index is 0.437. The van der Waals surface area contributed by atoms with Gasteiger partial charge < -0.3 is 5.32 Å². The number of hydrogen-bond donors (Lipinski definition) is 1. The highest BCUT2D eigenvalue weighted by molar-refractivity contribution is 5.02. The zero-order chi connectivity index (χ0) is 10.3. The van der Waals surface area contributed by atoms with E-state index >= 15 is 0 Å².